The Hall–Kier alpha value is -2.46. The van der Waals surface area contributed by atoms with E-state index in [1.807, 2.05) is 30.3 Å². The highest BCUT2D eigenvalue weighted by Gasteiger charge is 2.32. The number of amides is 1. The number of carbonyl (C=O) groups is 1. The summed E-state index contributed by atoms with van der Waals surface area (Å²) in [5.74, 6) is 0.113. The maximum atomic E-state index is 13.3. The Morgan fingerprint density at radius 2 is 1.87 bits per heavy atom. The Kier molecular flexibility index (Phi) is 6.05. The zero-order valence-corrected chi connectivity index (χ0v) is 18.3. The lowest BCUT2D eigenvalue weighted by atomic mass is 9.57. The molecule has 0 spiro atoms. The van der Waals surface area contributed by atoms with E-state index in [2.05, 4.69) is 68.1 Å². The van der Waals surface area contributed by atoms with Crippen LogP contribution in [0.1, 0.15) is 48.7 Å². The van der Waals surface area contributed by atoms with Crippen LogP contribution in [-0.2, 0) is 5.34 Å². The minimum Gasteiger partial charge on any atom is -0.351 e. The molecule has 30 heavy (non-hydrogen) atoms. The summed E-state index contributed by atoms with van der Waals surface area (Å²) in [5, 5.41) is 4.87. The first-order chi connectivity index (χ1) is 14.5. The van der Waals surface area contributed by atoms with E-state index in [9.17, 15) is 4.79 Å². The Morgan fingerprint density at radius 3 is 2.60 bits per heavy atom. The topological polar surface area (TPSA) is 48.1 Å². The molecular formula is C24H31B2N3O. The van der Waals surface area contributed by atoms with Crippen molar-refractivity contribution in [3.63, 3.8) is 0 Å². The summed E-state index contributed by atoms with van der Waals surface area (Å²) >= 11 is 0. The molecule has 3 aromatic rings. The smallest absolute Gasteiger partial charge is 0.270 e. The van der Waals surface area contributed by atoms with Crippen LogP contribution in [0, 0.1) is 0 Å². The number of H-pyrrole nitrogens is 1. The van der Waals surface area contributed by atoms with Crippen molar-refractivity contribution in [2.75, 3.05) is 6.54 Å². The van der Waals surface area contributed by atoms with E-state index < -0.39 is 0 Å². The van der Waals surface area contributed by atoms with Crippen LogP contribution in [-0.4, -0.2) is 50.1 Å². The van der Waals surface area contributed by atoms with Gasteiger partial charge in [0, 0.05) is 29.5 Å². The number of rotatable bonds is 6. The van der Waals surface area contributed by atoms with Crippen LogP contribution in [0.15, 0.2) is 60.7 Å². The van der Waals surface area contributed by atoms with Crippen molar-refractivity contribution in [2.45, 2.75) is 50.0 Å². The third kappa shape index (κ3) is 4.34. The molecule has 1 aliphatic rings. The number of nitrogens with one attached hydrogen (secondary N) is 2. The van der Waals surface area contributed by atoms with Gasteiger partial charge in [-0.05, 0) is 55.6 Å². The van der Waals surface area contributed by atoms with E-state index >= 15 is 0 Å². The number of para-hydroxylation sites is 1. The van der Waals surface area contributed by atoms with Gasteiger partial charge in [-0.15, -0.1) is 0 Å². The number of nitrogens with zero attached hydrogens (tertiary/aromatic N) is 1. The van der Waals surface area contributed by atoms with Crippen molar-refractivity contribution in [2.24, 2.45) is 0 Å². The van der Waals surface area contributed by atoms with E-state index in [0.29, 0.717) is 11.7 Å². The van der Waals surface area contributed by atoms with Crippen molar-refractivity contribution >= 4 is 32.5 Å². The summed E-state index contributed by atoms with van der Waals surface area (Å²) in [6.45, 7) is 2.82. The van der Waals surface area contributed by atoms with Gasteiger partial charge in [-0.1, -0.05) is 48.5 Å². The highest BCUT2D eigenvalue weighted by atomic mass is 16.2. The zero-order chi connectivity index (χ0) is 21.1. The first kappa shape index (κ1) is 20.8. The zero-order valence-electron chi connectivity index (χ0n) is 18.3. The van der Waals surface area contributed by atoms with Crippen LogP contribution in [0.5, 0.6) is 0 Å². The normalized spacial score (nSPS) is 19.6. The molecule has 6 heteroatoms. The number of aromatic nitrogens is 1. The van der Waals surface area contributed by atoms with Gasteiger partial charge in [0.25, 0.3) is 5.91 Å². The minimum atomic E-state index is -0.0912. The maximum absolute atomic E-state index is 13.3. The van der Waals surface area contributed by atoms with Gasteiger partial charge < -0.3 is 15.2 Å². The average molecular weight is 399 g/mol. The van der Waals surface area contributed by atoms with Crippen LogP contribution >= 0.6 is 0 Å². The van der Waals surface area contributed by atoms with Crippen LogP contribution in [0.3, 0.4) is 0 Å². The molecule has 0 saturated heterocycles. The van der Waals surface area contributed by atoms with Crippen molar-refractivity contribution in [1.82, 2.24) is 15.2 Å². The highest BCUT2D eigenvalue weighted by Crippen LogP contribution is 2.27. The molecule has 1 saturated carbocycles. The molecule has 1 heterocycles. The standard InChI is InChI=1S/C24H31B2N3O/c1-2-29(23(30)22-15-17-9-6-7-14-21(17)27-22)20-13-8-12-19(16-20)28-24(25,26)18-10-4-3-5-11-18/h3-7,9-11,14-15,19-20,27-28H,2,8,12-13,16,25-26H2,1H3/t19-,20+/m1/s1. The molecule has 1 amide bonds. The number of benzene rings is 2. The molecule has 1 fully saturated rings. The number of hydrogen-bond donors (Lipinski definition) is 2. The lowest BCUT2D eigenvalue weighted by Gasteiger charge is -2.41. The summed E-state index contributed by atoms with van der Waals surface area (Å²) < 4.78 is 0. The second kappa shape index (κ2) is 8.73. The fourth-order valence-corrected chi connectivity index (χ4v) is 4.94. The van der Waals surface area contributed by atoms with Crippen LogP contribution in [0.2, 0.25) is 0 Å². The molecule has 2 aromatic carbocycles. The lowest BCUT2D eigenvalue weighted by Crippen LogP contribution is -2.53. The minimum absolute atomic E-state index is 0.0912. The van der Waals surface area contributed by atoms with Gasteiger partial charge in [0.2, 0.25) is 0 Å². The highest BCUT2D eigenvalue weighted by molar-refractivity contribution is 6.39. The van der Waals surface area contributed by atoms with Gasteiger partial charge >= 0.3 is 0 Å². The summed E-state index contributed by atoms with van der Waals surface area (Å²) in [4.78, 5) is 18.7. The Bertz CT molecular complexity index is 969. The SMILES string of the molecule is BC(B)(N[C@@H]1CCC[C@H](N(CC)C(=O)c2cc3ccccc3[nH]2)C1)c1ccccc1. The molecule has 1 aliphatic carbocycles. The van der Waals surface area contributed by atoms with E-state index in [1.165, 1.54) is 5.56 Å². The third-order valence-electron chi connectivity index (χ3n) is 6.51. The number of carbonyl (C=O) groups excluding carboxylic acids is 1. The van der Waals surface area contributed by atoms with Gasteiger partial charge in [-0.25, -0.2) is 0 Å². The van der Waals surface area contributed by atoms with Crippen molar-refractivity contribution in [3.05, 3.63) is 71.9 Å². The summed E-state index contributed by atoms with van der Waals surface area (Å²) in [7, 11) is 4.50. The van der Waals surface area contributed by atoms with Gasteiger partial charge in [0.15, 0.2) is 0 Å². The van der Waals surface area contributed by atoms with Gasteiger partial charge in [0.1, 0.15) is 21.4 Å². The molecule has 0 radical (unpaired) electrons. The van der Waals surface area contributed by atoms with Gasteiger partial charge in [-0.3, -0.25) is 4.79 Å². The average Bonchev–Trinajstić information content (AvgIpc) is 3.19. The van der Waals surface area contributed by atoms with E-state index in [0.717, 1.165) is 43.1 Å². The van der Waals surface area contributed by atoms with Crippen LogP contribution in [0.25, 0.3) is 10.9 Å². The Morgan fingerprint density at radius 1 is 1.13 bits per heavy atom. The fraction of sp³-hybridized carbons (Fsp3) is 0.375. The number of aromatic amines is 1. The molecule has 2 atom stereocenters. The fourth-order valence-electron chi connectivity index (χ4n) is 4.94. The summed E-state index contributed by atoms with van der Waals surface area (Å²) in [5.41, 5.74) is 3.01. The quantitative estimate of drug-likeness (QED) is 0.627. The predicted octanol–water partition coefficient (Wildman–Crippen LogP) is 2.61. The molecule has 0 aliphatic heterocycles. The van der Waals surface area contributed by atoms with Crippen LogP contribution < -0.4 is 5.32 Å². The van der Waals surface area contributed by atoms with E-state index in [1.54, 1.807) is 0 Å². The lowest BCUT2D eigenvalue weighted by molar-refractivity contribution is 0.0621. The van der Waals surface area contributed by atoms with Crippen molar-refractivity contribution < 1.29 is 4.79 Å². The molecular weight excluding hydrogens is 368 g/mol. The van der Waals surface area contributed by atoms with Gasteiger partial charge in [-0.2, -0.15) is 0 Å². The molecule has 0 unspecified atom stereocenters. The second-order valence-electron chi connectivity index (χ2n) is 9.01. The maximum Gasteiger partial charge on any atom is 0.270 e. The first-order valence-corrected chi connectivity index (χ1v) is 11.2. The largest absolute Gasteiger partial charge is 0.351 e. The second-order valence-corrected chi connectivity index (χ2v) is 9.01. The third-order valence-corrected chi connectivity index (χ3v) is 6.51. The molecule has 1 aromatic heterocycles. The van der Waals surface area contributed by atoms with Crippen molar-refractivity contribution in [1.29, 1.82) is 0 Å². The van der Waals surface area contributed by atoms with Gasteiger partial charge in [0.05, 0.1) is 0 Å². The number of fused-ring (bicyclic) bond motifs is 1. The molecule has 4 nitrogen and oxygen atoms in total. The van der Waals surface area contributed by atoms with E-state index in [4.69, 9.17) is 0 Å². The molecule has 0 bridgehead atoms. The first-order valence-electron chi connectivity index (χ1n) is 11.2. The Labute approximate surface area is 181 Å². The molecule has 154 valence electrons. The van der Waals surface area contributed by atoms with E-state index in [-0.39, 0.29) is 17.3 Å². The summed E-state index contributed by atoms with van der Waals surface area (Å²) in [6.07, 6.45) is 4.37. The van der Waals surface area contributed by atoms with Crippen LogP contribution in [0.4, 0.5) is 0 Å². The summed E-state index contributed by atoms with van der Waals surface area (Å²) in [6, 6.07) is 21.4. The predicted molar refractivity (Wildman–Crippen MR) is 129 cm³/mol. The Balaban J connectivity index is 1.47. The molecule has 4 rings (SSSR count). The monoisotopic (exact) mass is 399 g/mol. The van der Waals surface area contributed by atoms with Crippen molar-refractivity contribution in [3.8, 4) is 0 Å². The molecule has 2 N–H and O–H groups in total. The number of hydrogen-bond acceptors (Lipinski definition) is 2.